The second-order valence-corrected chi connectivity index (χ2v) is 7.27. The van der Waals surface area contributed by atoms with Gasteiger partial charge in [0.2, 0.25) is 0 Å². The van der Waals surface area contributed by atoms with Gasteiger partial charge in [-0.3, -0.25) is 0 Å². The second-order valence-electron chi connectivity index (χ2n) is 7.27. The Labute approximate surface area is 199 Å². The molecule has 0 bridgehead atoms. The molecule has 1 atom stereocenters. The number of esters is 2. The molecule has 35 heavy (non-hydrogen) atoms. The summed E-state index contributed by atoms with van der Waals surface area (Å²) < 4.78 is 17.2. The van der Waals surface area contributed by atoms with Gasteiger partial charge in [-0.15, -0.1) is 5.10 Å². The van der Waals surface area contributed by atoms with Gasteiger partial charge >= 0.3 is 18.0 Å². The average Bonchev–Trinajstić information content (AvgIpc) is 3.42. The molecule has 3 aromatic rings. The number of hydrogen-bond donors (Lipinski definition) is 2. The number of hydrogen-bond acceptors (Lipinski definition) is 9. The molecule has 1 aliphatic rings. The van der Waals surface area contributed by atoms with E-state index in [1.807, 2.05) is 0 Å². The fraction of sp³-hybridized carbons (Fsp3) is 0.217. The number of methoxy groups -OCH3 is 1. The standard InChI is InChI=1S/C23H22N6O6/c1-3-34-22(31)19-17(25-23(32)26-20(19)14-8-10-15(33-2)11-9-14)12-35-21(30)16-6-4-5-7-18(16)29-13-24-27-28-29/h4-11,13,20H,3,12H2,1-2H3,(H2,25,26,32). The maximum absolute atomic E-state index is 12.9. The van der Waals surface area contributed by atoms with E-state index in [9.17, 15) is 14.4 Å². The van der Waals surface area contributed by atoms with Crippen molar-refractivity contribution in [1.82, 2.24) is 30.8 Å². The maximum Gasteiger partial charge on any atom is 0.340 e. The van der Waals surface area contributed by atoms with Crippen LogP contribution in [0.5, 0.6) is 5.75 Å². The minimum absolute atomic E-state index is 0.112. The van der Waals surface area contributed by atoms with Crippen LogP contribution in [-0.4, -0.2) is 58.5 Å². The van der Waals surface area contributed by atoms with Gasteiger partial charge in [-0.05, 0) is 47.2 Å². The van der Waals surface area contributed by atoms with E-state index in [0.717, 1.165) is 0 Å². The maximum atomic E-state index is 12.9. The molecule has 1 unspecified atom stereocenters. The van der Waals surface area contributed by atoms with E-state index in [2.05, 4.69) is 26.2 Å². The minimum Gasteiger partial charge on any atom is -0.497 e. The summed E-state index contributed by atoms with van der Waals surface area (Å²) in [5.41, 5.74) is 1.47. The smallest absolute Gasteiger partial charge is 0.340 e. The molecule has 2 N–H and O–H groups in total. The van der Waals surface area contributed by atoms with E-state index < -0.39 is 24.0 Å². The van der Waals surface area contributed by atoms with Crippen LogP contribution in [0.1, 0.15) is 28.9 Å². The Balaban J connectivity index is 1.64. The van der Waals surface area contributed by atoms with Crippen LogP contribution in [0.25, 0.3) is 5.69 Å². The third kappa shape index (κ3) is 5.11. The molecule has 2 amide bonds. The fourth-order valence-corrected chi connectivity index (χ4v) is 3.56. The molecule has 2 aromatic carbocycles. The summed E-state index contributed by atoms with van der Waals surface area (Å²) in [5, 5.41) is 16.3. The molecular weight excluding hydrogens is 456 g/mol. The lowest BCUT2D eigenvalue weighted by molar-refractivity contribution is -0.139. The zero-order valence-electron chi connectivity index (χ0n) is 18.9. The molecule has 2 heterocycles. The van der Waals surface area contributed by atoms with Crippen molar-refractivity contribution < 1.29 is 28.6 Å². The second kappa shape index (κ2) is 10.5. The molecule has 0 saturated carbocycles. The van der Waals surface area contributed by atoms with Crippen molar-refractivity contribution in [3.8, 4) is 11.4 Å². The number of urea groups is 1. The number of nitrogens with one attached hydrogen (secondary N) is 2. The summed E-state index contributed by atoms with van der Waals surface area (Å²) in [6.07, 6.45) is 1.35. The van der Waals surface area contributed by atoms with Gasteiger partial charge in [0.15, 0.2) is 0 Å². The summed E-state index contributed by atoms with van der Waals surface area (Å²) >= 11 is 0. The number of amides is 2. The van der Waals surface area contributed by atoms with Crippen LogP contribution < -0.4 is 15.4 Å². The molecule has 0 saturated heterocycles. The molecule has 0 fully saturated rings. The third-order valence-corrected chi connectivity index (χ3v) is 5.17. The number of nitrogens with zero attached hydrogens (tertiary/aromatic N) is 4. The SMILES string of the molecule is CCOC(=O)C1=C(COC(=O)c2ccccc2-n2cnnn2)NC(=O)NC1c1ccc(OC)cc1. The molecule has 1 aliphatic heterocycles. The minimum atomic E-state index is -0.823. The first-order chi connectivity index (χ1) is 17.0. The molecule has 4 rings (SSSR count). The lowest BCUT2D eigenvalue weighted by atomic mass is 9.95. The van der Waals surface area contributed by atoms with E-state index >= 15 is 0 Å². The van der Waals surface area contributed by atoms with Gasteiger partial charge < -0.3 is 24.8 Å². The van der Waals surface area contributed by atoms with Crippen molar-refractivity contribution >= 4 is 18.0 Å². The molecule has 0 radical (unpaired) electrons. The Kier molecular flexibility index (Phi) is 7.00. The van der Waals surface area contributed by atoms with Crippen LogP contribution in [0.3, 0.4) is 0 Å². The van der Waals surface area contributed by atoms with Crippen molar-refractivity contribution in [3.63, 3.8) is 0 Å². The number of para-hydroxylation sites is 1. The van der Waals surface area contributed by atoms with Crippen molar-refractivity contribution in [2.45, 2.75) is 13.0 Å². The van der Waals surface area contributed by atoms with Crippen LogP contribution >= 0.6 is 0 Å². The highest BCUT2D eigenvalue weighted by Crippen LogP contribution is 2.29. The Morgan fingerprint density at radius 1 is 1.06 bits per heavy atom. The number of ether oxygens (including phenoxy) is 3. The first-order valence-corrected chi connectivity index (χ1v) is 10.6. The number of benzene rings is 2. The van der Waals surface area contributed by atoms with Crippen molar-refractivity contribution in [3.05, 3.63) is 77.3 Å². The van der Waals surface area contributed by atoms with Gasteiger partial charge in [0, 0.05) is 0 Å². The summed E-state index contributed by atoms with van der Waals surface area (Å²) in [7, 11) is 1.54. The monoisotopic (exact) mass is 478 g/mol. The summed E-state index contributed by atoms with van der Waals surface area (Å²) in [6.45, 7) is 1.42. The van der Waals surface area contributed by atoms with Crippen LogP contribution in [0.15, 0.2) is 66.1 Å². The number of tetrazole rings is 1. The van der Waals surface area contributed by atoms with Gasteiger partial charge in [0.05, 0.1) is 42.3 Å². The Hall–Kier alpha value is -4.74. The summed E-state index contributed by atoms with van der Waals surface area (Å²) in [5.74, 6) is -0.729. The largest absolute Gasteiger partial charge is 0.497 e. The van der Waals surface area contributed by atoms with Crippen LogP contribution in [0, 0.1) is 0 Å². The van der Waals surface area contributed by atoms with Crippen molar-refractivity contribution in [2.75, 3.05) is 20.3 Å². The highest BCUT2D eigenvalue weighted by molar-refractivity contribution is 5.96. The normalized spacial score (nSPS) is 15.1. The predicted octanol–water partition coefficient (Wildman–Crippen LogP) is 1.70. The van der Waals surface area contributed by atoms with Crippen LogP contribution in [0.2, 0.25) is 0 Å². The van der Waals surface area contributed by atoms with Gasteiger partial charge in [0.25, 0.3) is 0 Å². The number of carbonyl (C=O) groups is 3. The van der Waals surface area contributed by atoms with Gasteiger partial charge in [-0.25, -0.2) is 14.4 Å². The zero-order valence-corrected chi connectivity index (χ0v) is 18.9. The first-order valence-electron chi connectivity index (χ1n) is 10.6. The zero-order chi connectivity index (χ0) is 24.8. The highest BCUT2D eigenvalue weighted by Gasteiger charge is 2.34. The molecule has 0 aliphatic carbocycles. The van der Waals surface area contributed by atoms with Gasteiger partial charge in [0.1, 0.15) is 18.7 Å². The number of rotatable bonds is 8. The van der Waals surface area contributed by atoms with E-state index in [4.69, 9.17) is 14.2 Å². The van der Waals surface area contributed by atoms with Crippen molar-refractivity contribution in [1.29, 1.82) is 0 Å². The molecule has 180 valence electrons. The van der Waals surface area contributed by atoms with Crippen LogP contribution in [0.4, 0.5) is 4.79 Å². The quantitative estimate of drug-likeness (QED) is 0.462. The van der Waals surface area contributed by atoms with Gasteiger partial charge in [-0.2, -0.15) is 4.68 Å². The summed E-state index contributed by atoms with van der Waals surface area (Å²) in [4.78, 5) is 38.2. The van der Waals surface area contributed by atoms with E-state index in [-0.39, 0.29) is 30.0 Å². The number of carbonyl (C=O) groups excluding carboxylic acids is 3. The third-order valence-electron chi connectivity index (χ3n) is 5.17. The molecular formula is C23H22N6O6. The molecule has 1 aromatic heterocycles. The fourth-order valence-electron chi connectivity index (χ4n) is 3.56. The van der Waals surface area contributed by atoms with Crippen molar-refractivity contribution in [2.24, 2.45) is 0 Å². The Morgan fingerprint density at radius 2 is 1.83 bits per heavy atom. The predicted molar refractivity (Wildman–Crippen MR) is 120 cm³/mol. The van der Waals surface area contributed by atoms with E-state index in [1.165, 1.54) is 18.1 Å². The topological polar surface area (TPSA) is 147 Å². The Bertz CT molecular complexity index is 1260. The van der Waals surface area contributed by atoms with E-state index in [1.54, 1.807) is 55.5 Å². The van der Waals surface area contributed by atoms with Gasteiger partial charge in [-0.1, -0.05) is 24.3 Å². The Morgan fingerprint density at radius 3 is 2.51 bits per heavy atom. The highest BCUT2D eigenvalue weighted by atomic mass is 16.5. The summed E-state index contributed by atoms with van der Waals surface area (Å²) in [6, 6.07) is 12.1. The lowest BCUT2D eigenvalue weighted by Crippen LogP contribution is -2.47. The van der Waals surface area contributed by atoms with Crippen LogP contribution in [-0.2, 0) is 14.3 Å². The van der Waals surface area contributed by atoms with E-state index in [0.29, 0.717) is 17.0 Å². The molecule has 0 spiro atoms. The number of aromatic nitrogens is 4. The first kappa shape index (κ1) is 23.4. The molecule has 12 nitrogen and oxygen atoms in total. The average molecular weight is 478 g/mol. The lowest BCUT2D eigenvalue weighted by Gasteiger charge is -2.29. The molecule has 12 heteroatoms.